The molecule has 2 heterocycles. The van der Waals surface area contributed by atoms with E-state index in [0.29, 0.717) is 67.4 Å². The standard InChI is InChI=1S/C26H29FN2O5S.C17H18FNO3.C9H13NO3S/c1-16(2)21-13-19(27)14-22(17-10-11-28-25(12-17)34-5)23(21)15-24(30)29-35(32,33)20-8-6-18(7-9-20)26(3,4)31;1-10(2)13-7-12(18)8-14(15(13)9-17(20)21)11-4-5-19-16(6-11)22-3;1-9(2,11)7-3-5-8(6-4-7)14(10,12)13/h6-14,16,31H,15H2,1-5H3,(H,29,30);4-8,10H,9H2,1-3H3,(H,20,21);3-6,11H,1-2H3,(H2,10,12,13). The van der Waals surface area contributed by atoms with E-state index in [1.165, 1.54) is 81.1 Å². The van der Waals surface area contributed by atoms with Crippen molar-refractivity contribution >= 4 is 31.9 Å². The van der Waals surface area contributed by atoms with Gasteiger partial charge in [0, 0.05) is 24.5 Å². The van der Waals surface area contributed by atoms with Crippen LogP contribution in [0, 0.1) is 11.6 Å². The second kappa shape index (κ2) is 23.5. The van der Waals surface area contributed by atoms with Crippen LogP contribution in [0.15, 0.2) is 119 Å². The summed E-state index contributed by atoms with van der Waals surface area (Å²) in [5, 5.41) is 33.8. The molecule has 0 aliphatic heterocycles. The molecule has 6 rings (SSSR count). The molecule has 2 aromatic heterocycles. The Kier molecular flexibility index (Phi) is 18.9. The molecule has 0 spiro atoms. The number of pyridine rings is 2. The highest BCUT2D eigenvalue weighted by atomic mass is 32.2. The van der Waals surface area contributed by atoms with Gasteiger partial charge in [0.25, 0.3) is 10.0 Å². The number of nitrogens with two attached hydrogens (primary N) is 1. The van der Waals surface area contributed by atoms with Crippen molar-refractivity contribution in [2.75, 3.05) is 14.2 Å². The van der Waals surface area contributed by atoms with Crippen molar-refractivity contribution in [2.45, 2.75) is 101 Å². The molecule has 0 aliphatic carbocycles. The monoisotopic (exact) mass is 1020 g/mol. The van der Waals surface area contributed by atoms with Gasteiger partial charge in [-0.3, -0.25) is 9.59 Å². The van der Waals surface area contributed by atoms with E-state index in [1.54, 1.807) is 70.3 Å². The van der Waals surface area contributed by atoms with E-state index in [9.17, 15) is 50.5 Å². The van der Waals surface area contributed by atoms with Crippen LogP contribution < -0.4 is 19.3 Å². The summed E-state index contributed by atoms with van der Waals surface area (Å²) in [6.07, 6.45) is 2.63. The number of hydrogen-bond donors (Lipinski definition) is 5. The van der Waals surface area contributed by atoms with Crippen LogP contribution in [0.25, 0.3) is 22.3 Å². The van der Waals surface area contributed by atoms with Crippen molar-refractivity contribution in [1.82, 2.24) is 14.7 Å². The van der Waals surface area contributed by atoms with Crippen LogP contribution in [0.2, 0.25) is 0 Å². The highest BCUT2D eigenvalue weighted by Crippen LogP contribution is 2.35. The number of aliphatic hydroxyl groups is 2. The molecule has 0 saturated carbocycles. The highest BCUT2D eigenvalue weighted by molar-refractivity contribution is 7.90. The SMILES string of the molecule is CC(C)(O)c1ccc(S(N)(=O)=O)cc1.COc1cc(-c2cc(F)cc(C(C)C)c2CC(=O)NS(=O)(=O)c2ccc(C(C)(C)O)cc2)ccn1.COc1cc(-c2cc(F)cc(C(C)C)c2CC(=O)O)ccn1. The third-order valence-corrected chi connectivity index (χ3v) is 13.2. The Balaban J connectivity index is 0.000000258. The van der Waals surface area contributed by atoms with Gasteiger partial charge in [0.2, 0.25) is 27.7 Å². The number of carbonyl (C=O) groups excluding carboxylic acids is 1. The molecule has 0 radical (unpaired) electrons. The number of carbonyl (C=O) groups is 2. The lowest BCUT2D eigenvalue weighted by atomic mass is 9.88. The number of halogens is 2. The van der Waals surface area contributed by atoms with Gasteiger partial charge in [0.05, 0.1) is 48.1 Å². The summed E-state index contributed by atoms with van der Waals surface area (Å²) in [4.78, 5) is 32.2. The molecule has 0 saturated heterocycles. The van der Waals surface area contributed by atoms with E-state index in [2.05, 4.69) is 14.7 Å². The minimum atomic E-state index is -4.16. The maximum absolute atomic E-state index is 14.5. The third-order valence-electron chi connectivity index (χ3n) is 10.9. The number of benzene rings is 4. The van der Waals surface area contributed by atoms with Crippen molar-refractivity contribution in [2.24, 2.45) is 5.14 Å². The van der Waals surface area contributed by atoms with Crippen LogP contribution in [-0.4, -0.2) is 68.2 Å². The van der Waals surface area contributed by atoms with E-state index < -0.39 is 48.9 Å². The topological polar surface area (TPSA) is 245 Å². The fraction of sp³-hybridized carbons (Fsp3) is 0.308. The zero-order valence-electron chi connectivity index (χ0n) is 41.1. The molecule has 1 amide bonds. The predicted molar refractivity (Wildman–Crippen MR) is 266 cm³/mol. The molecule has 0 fully saturated rings. The van der Waals surface area contributed by atoms with Crippen LogP contribution >= 0.6 is 0 Å². The number of amides is 1. The van der Waals surface area contributed by atoms with Gasteiger partial charge in [0.15, 0.2) is 0 Å². The lowest BCUT2D eigenvalue weighted by Gasteiger charge is -2.19. The van der Waals surface area contributed by atoms with Gasteiger partial charge < -0.3 is 24.8 Å². The number of carboxylic acids is 1. The van der Waals surface area contributed by atoms with Gasteiger partial charge in [-0.15, -0.1) is 0 Å². The van der Waals surface area contributed by atoms with Crippen LogP contribution in [0.4, 0.5) is 8.78 Å². The first-order valence-corrected chi connectivity index (χ1v) is 25.1. The predicted octanol–water partition coefficient (Wildman–Crippen LogP) is 8.50. The summed E-state index contributed by atoms with van der Waals surface area (Å²) in [5.74, 6) is -1.94. The summed E-state index contributed by atoms with van der Waals surface area (Å²) < 4.78 is 88.3. The number of primary sulfonamides is 1. The molecule has 6 aromatic rings. The molecule has 15 nitrogen and oxygen atoms in total. The lowest BCUT2D eigenvalue weighted by Crippen LogP contribution is -2.32. The molecule has 71 heavy (non-hydrogen) atoms. The van der Waals surface area contributed by atoms with E-state index in [0.717, 1.165) is 0 Å². The molecule has 4 aromatic carbocycles. The number of ether oxygens (including phenoxy) is 2. The molecule has 6 N–H and O–H groups in total. The summed E-state index contributed by atoms with van der Waals surface area (Å²) in [7, 11) is -4.84. The van der Waals surface area contributed by atoms with Gasteiger partial charge in [-0.05, 0) is 156 Å². The zero-order chi connectivity index (χ0) is 53.2. The highest BCUT2D eigenvalue weighted by Gasteiger charge is 2.25. The van der Waals surface area contributed by atoms with Gasteiger partial charge in [-0.2, -0.15) is 0 Å². The normalized spacial score (nSPS) is 11.8. The van der Waals surface area contributed by atoms with Crippen LogP contribution in [0.5, 0.6) is 11.8 Å². The fourth-order valence-electron chi connectivity index (χ4n) is 7.28. The van der Waals surface area contributed by atoms with Gasteiger partial charge in [-0.1, -0.05) is 52.0 Å². The number of aliphatic carboxylic acids is 1. The van der Waals surface area contributed by atoms with Crippen LogP contribution in [0.3, 0.4) is 0 Å². The Morgan fingerprint density at radius 1 is 0.634 bits per heavy atom. The number of carboxylic acid groups (broad SMARTS) is 1. The molecule has 380 valence electrons. The number of hydrogen-bond acceptors (Lipinski definition) is 12. The first kappa shape index (κ1) is 56.9. The molecule has 19 heteroatoms. The Hall–Kier alpha value is -6.64. The van der Waals surface area contributed by atoms with E-state index in [1.807, 2.05) is 27.7 Å². The summed E-state index contributed by atoms with van der Waals surface area (Å²) in [6.45, 7) is 14.0. The van der Waals surface area contributed by atoms with Crippen molar-refractivity contribution in [3.05, 3.63) is 154 Å². The fourth-order valence-corrected chi connectivity index (χ4v) is 8.78. The summed E-state index contributed by atoms with van der Waals surface area (Å²) in [6, 6.07) is 23.6. The molecule has 0 atom stereocenters. The number of rotatable bonds is 15. The maximum Gasteiger partial charge on any atom is 0.307 e. The Bertz CT molecular complexity index is 3060. The first-order valence-electron chi connectivity index (χ1n) is 22.1. The zero-order valence-corrected chi connectivity index (χ0v) is 42.7. The lowest BCUT2D eigenvalue weighted by molar-refractivity contribution is -0.136. The number of methoxy groups -OCH3 is 2. The Morgan fingerprint density at radius 3 is 1.35 bits per heavy atom. The Morgan fingerprint density at radius 2 is 1.01 bits per heavy atom. The van der Waals surface area contributed by atoms with Gasteiger partial charge in [0.1, 0.15) is 11.6 Å². The van der Waals surface area contributed by atoms with Gasteiger partial charge >= 0.3 is 5.97 Å². The van der Waals surface area contributed by atoms with Crippen molar-refractivity contribution in [3.63, 3.8) is 0 Å². The number of nitrogens with one attached hydrogen (secondary N) is 1. The number of sulfonamides is 2. The minimum absolute atomic E-state index is 0.0209. The molecular weight excluding hydrogens is 959 g/mol. The Labute approximate surface area is 413 Å². The molecule has 0 bridgehead atoms. The first-order chi connectivity index (χ1) is 32.9. The minimum Gasteiger partial charge on any atom is -0.481 e. The van der Waals surface area contributed by atoms with E-state index >= 15 is 0 Å². The van der Waals surface area contributed by atoms with Crippen molar-refractivity contribution in [1.29, 1.82) is 0 Å². The molecular formula is C52H60F2N4O11S2. The average Bonchev–Trinajstić information content (AvgIpc) is 3.29. The largest absolute Gasteiger partial charge is 0.481 e. The van der Waals surface area contributed by atoms with Crippen molar-refractivity contribution in [3.8, 4) is 34.0 Å². The number of nitrogens with zero attached hydrogens (tertiary/aromatic N) is 2. The second-order valence-corrected chi connectivity index (χ2v) is 21.3. The third kappa shape index (κ3) is 15.9. The van der Waals surface area contributed by atoms with Crippen LogP contribution in [0.1, 0.15) is 101 Å². The van der Waals surface area contributed by atoms with E-state index in [-0.39, 0.29) is 40.3 Å². The van der Waals surface area contributed by atoms with Gasteiger partial charge in [-0.25, -0.2) is 45.4 Å². The molecule has 0 aliphatic rings. The smallest absolute Gasteiger partial charge is 0.307 e. The average molecular weight is 1020 g/mol. The van der Waals surface area contributed by atoms with Crippen LogP contribution in [-0.2, 0) is 53.7 Å². The molecule has 0 unspecified atom stereocenters. The van der Waals surface area contributed by atoms with Crippen molar-refractivity contribution < 1.29 is 60.0 Å². The maximum atomic E-state index is 14.5. The summed E-state index contributed by atoms with van der Waals surface area (Å²) in [5.41, 5.74) is 3.80. The van der Waals surface area contributed by atoms with E-state index in [4.69, 9.17) is 14.6 Å². The number of aromatic nitrogens is 2. The summed E-state index contributed by atoms with van der Waals surface area (Å²) >= 11 is 0. The second-order valence-electron chi connectivity index (χ2n) is 18.0. The quantitative estimate of drug-likeness (QED) is 0.0648.